The lowest BCUT2D eigenvalue weighted by atomic mass is 10.2. The molecule has 0 spiro atoms. The molecule has 0 bridgehead atoms. The first-order chi connectivity index (χ1) is 7.99. The van der Waals surface area contributed by atoms with Crippen molar-refractivity contribution in [2.75, 3.05) is 13.1 Å². The highest BCUT2D eigenvalue weighted by molar-refractivity contribution is 6.36. The van der Waals surface area contributed by atoms with Crippen molar-refractivity contribution in [1.82, 2.24) is 4.90 Å². The van der Waals surface area contributed by atoms with E-state index < -0.39 is 11.9 Å². The first-order valence-electron chi connectivity index (χ1n) is 5.11. The van der Waals surface area contributed by atoms with Gasteiger partial charge in [-0.15, -0.1) is 0 Å². The number of benzene rings is 1. The van der Waals surface area contributed by atoms with Gasteiger partial charge in [0.2, 0.25) is 0 Å². The summed E-state index contributed by atoms with van der Waals surface area (Å²) in [6.45, 7) is 0.694. The number of carbonyl (C=O) groups excluding carboxylic acids is 1. The molecule has 92 valence electrons. The molecule has 6 heteroatoms. The van der Waals surface area contributed by atoms with Gasteiger partial charge < -0.3 is 10.0 Å². The standard InChI is InChI=1S/C11H10Cl2FNO2/c12-8-4-9(13)10(14)3-7(8)11(17)15-2-1-6(16)5-15/h3-4,6,16H,1-2,5H2/t6-/m0/s1. The number of rotatable bonds is 1. The Labute approximate surface area is 108 Å². The van der Waals surface area contributed by atoms with Gasteiger partial charge in [0, 0.05) is 13.1 Å². The molecule has 17 heavy (non-hydrogen) atoms. The van der Waals surface area contributed by atoms with E-state index >= 15 is 0 Å². The summed E-state index contributed by atoms with van der Waals surface area (Å²) in [6.07, 6.45) is 0.00858. The van der Waals surface area contributed by atoms with E-state index in [9.17, 15) is 14.3 Å². The normalized spacial score (nSPS) is 19.8. The molecule has 1 aromatic carbocycles. The van der Waals surface area contributed by atoms with E-state index in [2.05, 4.69) is 0 Å². The van der Waals surface area contributed by atoms with Gasteiger partial charge in [0.15, 0.2) is 0 Å². The first-order valence-corrected chi connectivity index (χ1v) is 5.86. The van der Waals surface area contributed by atoms with Crippen LogP contribution in [0.3, 0.4) is 0 Å². The highest BCUT2D eigenvalue weighted by Gasteiger charge is 2.27. The number of aliphatic hydroxyl groups excluding tert-OH is 1. The minimum Gasteiger partial charge on any atom is -0.391 e. The maximum Gasteiger partial charge on any atom is 0.255 e. The monoisotopic (exact) mass is 277 g/mol. The van der Waals surface area contributed by atoms with Crippen molar-refractivity contribution in [3.8, 4) is 0 Å². The van der Waals surface area contributed by atoms with Crippen LogP contribution in [-0.2, 0) is 0 Å². The van der Waals surface area contributed by atoms with Crippen LogP contribution < -0.4 is 0 Å². The number of hydrogen-bond donors (Lipinski definition) is 1. The molecule has 3 nitrogen and oxygen atoms in total. The Morgan fingerprint density at radius 3 is 2.71 bits per heavy atom. The smallest absolute Gasteiger partial charge is 0.255 e. The summed E-state index contributed by atoms with van der Waals surface area (Å²) in [6, 6.07) is 2.23. The van der Waals surface area contributed by atoms with Crippen molar-refractivity contribution >= 4 is 29.1 Å². The van der Waals surface area contributed by atoms with Gasteiger partial charge in [0.05, 0.1) is 21.7 Å². The van der Waals surface area contributed by atoms with Gasteiger partial charge in [0.1, 0.15) is 5.82 Å². The molecule has 0 saturated carbocycles. The summed E-state index contributed by atoms with van der Waals surface area (Å²) in [5, 5.41) is 9.34. The number of β-amino-alcohol motifs (C(OH)–C–C–N with tert-alkyl or cyclic N) is 1. The first kappa shape index (κ1) is 12.6. The van der Waals surface area contributed by atoms with E-state index in [0.717, 1.165) is 6.07 Å². The summed E-state index contributed by atoms with van der Waals surface area (Å²) in [5.74, 6) is -1.07. The molecule has 1 fully saturated rings. The molecular formula is C11H10Cl2FNO2. The highest BCUT2D eigenvalue weighted by Crippen LogP contribution is 2.26. The van der Waals surface area contributed by atoms with Gasteiger partial charge in [-0.25, -0.2) is 4.39 Å². The molecule has 2 rings (SSSR count). The predicted octanol–water partition coefficient (Wildman–Crippen LogP) is 2.34. The van der Waals surface area contributed by atoms with E-state index in [4.69, 9.17) is 23.2 Å². The number of aliphatic hydroxyl groups is 1. The van der Waals surface area contributed by atoms with Gasteiger partial charge in [0.25, 0.3) is 5.91 Å². The molecule has 0 aliphatic carbocycles. The summed E-state index contributed by atoms with van der Waals surface area (Å²) in [7, 11) is 0. The minimum atomic E-state index is -0.681. The van der Waals surface area contributed by atoms with Gasteiger partial charge in [-0.3, -0.25) is 4.79 Å². The van der Waals surface area contributed by atoms with Crippen LogP contribution in [0.4, 0.5) is 4.39 Å². The highest BCUT2D eigenvalue weighted by atomic mass is 35.5. The molecule has 1 aliphatic rings. The number of nitrogens with zero attached hydrogens (tertiary/aromatic N) is 1. The molecule has 1 atom stereocenters. The summed E-state index contributed by atoms with van der Waals surface area (Å²) in [5.41, 5.74) is 0.0719. The molecule has 1 N–H and O–H groups in total. The van der Waals surface area contributed by atoms with Gasteiger partial charge in [-0.05, 0) is 18.6 Å². The van der Waals surface area contributed by atoms with E-state index in [0.29, 0.717) is 13.0 Å². The zero-order valence-electron chi connectivity index (χ0n) is 8.79. The molecular weight excluding hydrogens is 268 g/mol. The number of carbonyl (C=O) groups is 1. The topological polar surface area (TPSA) is 40.5 Å². The fourth-order valence-corrected chi connectivity index (χ4v) is 2.25. The third-order valence-corrected chi connectivity index (χ3v) is 3.29. The van der Waals surface area contributed by atoms with Gasteiger partial charge in [-0.1, -0.05) is 23.2 Å². The lowest BCUT2D eigenvalue weighted by Gasteiger charge is -2.16. The van der Waals surface area contributed by atoms with Crippen LogP contribution in [0.2, 0.25) is 10.0 Å². The van der Waals surface area contributed by atoms with Crippen LogP contribution in [0.15, 0.2) is 12.1 Å². The quantitative estimate of drug-likeness (QED) is 0.801. The Morgan fingerprint density at radius 2 is 2.12 bits per heavy atom. The van der Waals surface area contributed by atoms with Crippen molar-refractivity contribution in [3.63, 3.8) is 0 Å². The van der Waals surface area contributed by atoms with Gasteiger partial charge in [-0.2, -0.15) is 0 Å². The van der Waals surface area contributed by atoms with Crippen LogP contribution in [0.1, 0.15) is 16.8 Å². The van der Waals surface area contributed by atoms with E-state index in [1.54, 1.807) is 0 Å². The van der Waals surface area contributed by atoms with Crippen molar-refractivity contribution < 1.29 is 14.3 Å². The largest absolute Gasteiger partial charge is 0.391 e. The molecule has 1 aromatic rings. The number of likely N-dealkylation sites (tertiary alicyclic amines) is 1. The summed E-state index contributed by atoms with van der Waals surface area (Å²) in [4.78, 5) is 13.4. The maximum atomic E-state index is 13.3. The van der Waals surface area contributed by atoms with E-state index in [1.165, 1.54) is 11.0 Å². The Balaban J connectivity index is 2.28. The Bertz CT molecular complexity index is 467. The average Bonchev–Trinajstić information content (AvgIpc) is 2.69. The molecule has 1 aliphatic heterocycles. The van der Waals surface area contributed by atoms with E-state index in [-0.39, 0.29) is 28.1 Å². The fourth-order valence-electron chi connectivity index (χ4n) is 1.78. The van der Waals surface area contributed by atoms with Crippen molar-refractivity contribution in [3.05, 3.63) is 33.6 Å². The SMILES string of the molecule is O=C(c1cc(F)c(Cl)cc1Cl)N1CC[C@H](O)C1. The third-order valence-electron chi connectivity index (χ3n) is 2.69. The Morgan fingerprint density at radius 1 is 1.41 bits per heavy atom. The molecule has 1 amide bonds. The second kappa shape index (κ2) is 4.80. The lowest BCUT2D eigenvalue weighted by Crippen LogP contribution is -2.29. The van der Waals surface area contributed by atoms with Crippen LogP contribution >= 0.6 is 23.2 Å². The Kier molecular flexibility index (Phi) is 3.56. The second-order valence-corrected chi connectivity index (χ2v) is 4.75. The molecule has 0 unspecified atom stereocenters. The Hall–Kier alpha value is -0.840. The van der Waals surface area contributed by atoms with Crippen molar-refractivity contribution in [2.24, 2.45) is 0 Å². The van der Waals surface area contributed by atoms with Crippen LogP contribution in [0, 0.1) is 5.82 Å². The number of hydrogen-bond acceptors (Lipinski definition) is 2. The molecule has 0 aromatic heterocycles. The number of amides is 1. The van der Waals surface area contributed by atoms with Crippen LogP contribution in [-0.4, -0.2) is 35.1 Å². The predicted molar refractivity (Wildman–Crippen MR) is 62.9 cm³/mol. The van der Waals surface area contributed by atoms with Crippen molar-refractivity contribution in [1.29, 1.82) is 0 Å². The molecule has 1 saturated heterocycles. The van der Waals surface area contributed by atoms with Crippen LogP contribution in [0.25, 0.3) is 0 Å². The molecule has 0 radical (unpaired) electrons. The van der Waals surface area contributed by atoms with Crippen molar-refractivity contribution in [2.45, 2.75) is 12.5 Å². The zero-order valence-corrected chi connectivity index (χ0v) is 10.3. The average molecular weight is 278 g/mol. The third kappa shape index (κ3) is 2.54. The summed E-state index contributed by atoms with van der Waals surface area (Å²) >= 11 is 11.4. The molecule has 1 heterocycles. The fraction of sp³-hybridized carbons (Fsp3) is 0.364. The maximum absolute atomic E-state index is 13.3. The second-order valence-electron chi connectivity index (χ2n) is 3.94. The zero-order chi connectivity index (χ0) is 12.6. The van der Waals surface area contributed by atoms with Gasteiger partial charge >= 0.3 is 0 Å². The number of halogens is 3. The lowest BCUT2D eigenvalue weighted by molar-refractivity contribution is 0.0764. The minimum absolute atomic E-state index is 0.0719. The van der Waals surface area contributed by atoms with Crippen LogP contribution in [0.5, 0.6) is 0 Å². The van der Waals surface area contributed by atoms with E-state index in [1.807, 2.05) is 0 Å². The summed E-state index contributed by atoms with van der Waals surface area (Å²) < 4.78 is 13.3.